The van der Waals surface area contributed by atoms with E-state index in [9.17, 15) is 0 Å². The molecule has 4 rings (SSSR count). The molecule has 0 aliphatic heterocycles. The van der Waals surface area contributed by atoms with Crippen molar-refractivity contribution >= 4 is 0 Å². The Morgan fingerprint density at radius 3 is 2.00 bits per heavy atom. The molecule has 3 N–H and O–H groups in total. The van der Waals surface area contributed by atoms with Crippen molar-refractivity contribution in [1.29, 1.82) is 0 Å². The zero-order valence-electron chi connectivity index (χ0n) is 13.4. The maximum absolute atomic E-state index is 6.29. The molecule has 0 amide bonds. The smallest absolute Gasteiger partial charge is 0.0361 e. The third-order valence-corrected chi connectivity index (χ3v) is 6.71. The summed E-state index contributed by atoms with van der Waals surface area (Å²) in [5, 5.41) is 3.96. The van der Waals surface area contributed by atoms with Crippen LogP contribution in [0.2, 0.25) is 0 Å². The van der Waals surface area contributed by atoms with Crippen molar-refractivity contribution in [3.05, 3.63) is 0 Å². The van der Waals surface area contributed by atoms with Crippen LogP contribution in [0.25, 0.3) is 0 Å². The van der Waals surface area contributed by atoms with E-state index < -0.39 is 0 Å². The molecule has 116 valence electrons. The second-order valence-electron chi connectivity index (χ2n) is 7.50. The molecule has 20 heavy (non-hydrogen) atoms. The van der Waals surface area contributed by atoms with Crippen LogP contribution in [0.3, 0.4) is 0 Å². The molecule has 4 aliphatic rings. The molecule has 0 heterocycles. The van der Waals surface area contributed by atoms with E-state index in [1.54, 1.807) is 0 Å². The molecule has 4 bridgehead atoms. The maximum Gasteiger partial charge on any atom is 0.0361 e. The van der Waals surface area contributed by atoms with Crippen molar-refractivity contribution in [3.63, 3.8) is 0 Å². The van der Waals surface area contributed by atoms with Crippen LogP contribution in [0.4, 0.5) is 0 Å². The molecule has 4 aliphatic carbocycles. The number of nitrogens with two attached hydrogens (primary N) is 1. The predicted molar refractivity (Wildman–Crippen MR) is 84.6 cm³/mol. The second-order valence-corrected chi connectivity index (χ2v) is 7.50. The van der Waals surface area contributed by atoms with E-state index >= 15 is 0 Å². The largest absolute Gasteiger partial charge is 0.329 e. The Morgan fingerprint density at radius 1 is 1.00 bits per heavy atom. The van der Waals surface area contributed by atoms with E-state index in [1.807, 2.05) is 0 Å². The van der Waals surface area contributed by atoms with Crippen LogP contribution in [0.1, 0.15) is 46.0 Å². The fraction of sp³-hybridized carbons (Fsp3) is 1.00. The van der Waals surface area contributed by atoms with Gasteiger partial charge in [0.2, 0.25) is 0 Å². The highest BCUT2D eigenvalue weighted by Gasteiger charge is 2.56. The zero-order valence-corrected chi connectivity index (χ0v) is 13.4. The first-order valence-corrected chi connectivity index (χ1v) is 8.89. The second kappa shape index (κ2) is 5.94. The zero-order chi connectivity index (χ0) is 14.2. The molecule has 4 fully saturated rings. The van der Waals surface area contributed by atoms with Crippen LogP contribution in [0.5, 0.6) is 0 Å². The summed E-state index contributed by atoms with van der Waals surface area (Å²) in [6, 6.07) is 0. The summed E-state index contributed by atoms with van der Waals surface area (Å²) in [6.07, 6.45) is 7.31. The molecular weight excluding hydrogens is 246 g/mol. The number of likely N-dealkylation sites (N-methyl/N-ethyl adjacent to an activating group) is 1. The maximum atomic E-state index is 6.29. The number of hydrogen-bond acceptors (Lipinski definition) is 3. The van der Waals surface area contributed by atoms with Crippen LogP contribution < -0.4 is 11.1 Å². The van der Waals surface area contributed by atoms with Gasteiger partial charge in [0.15, 0.2) is 0 Å². The highest BCUT2D eigenvalue weighted by molar-refractivity contribution is 5.11. The van der Waals surface area contributed by atoms with Gasteiger partial charge in [0.1, 0.15) is 0 Å². The number of rotatable bonds is 7. The SMILES string of the molecule is CCN(CC)CCNC1(CN)C2CC3CC(C2)CC1C3. The summed E-state index contributed by atoms with van der Waals surface area (Å²) in [5.41, 5.74) is 6.57. The Kier molecular flexibility index (Phi) is 4.40. The predicted octanol–water partition coefficient (Wildman–Crippen LogP) is 2.07. The summed E-state index contributed by atoms with van der Waals surface area (Å²) >= 11 is 0. The van der Waals surface area contributed by atoms with Gasteiger partial charge in [-0.1, -0.05) is 13.8 Å². The third-order valence-electron chi connectivity index (χ3n) is 6.71. The van der Waals surface area contributed by atoms with Crippen molar-refractivity contribution in [2.75, 3.05) is 32.7 Å². The van der Waals surface area contributed by atoms with Gasteiger partial charge >= 0.3 is 0 Å². The molecular formula is C17H33N3. The van der Waals surface area contributed by atoms with E-state index in [2.05, 4.69) is 24.1 Å². The fourth-order valence-electron chi connectivity index (χ4n) is 5.71. The summed E-state index contributed by atoms with van der Waals surface area (Å²) in [4.78, 5) is 2.51. The quantitative estimate of drug-likeness (QED) is 0.749. The monoisotopic (exact) mass is 279 g/mol. The highest BCUT2D eigenvalue weighted by Crippen LogP contribution is 2.57. The van der Waals surface area contributed by atoms with E-state index in [0.717, 1.165) is 49.9 Å². The number of hydrogen-bond donors (Lipinski definition) is 2. The molecule has 0 unspecified atom stereocenters. The Hall–Kier alpha value is -0.120. The van der Waals surface area contributed by atoms with Crippen molar-refractivity contribution in [3.8, 4) is 0 Å². The van der Waals surface area contributed by atoms with E-state index in [0.29, 0.717) is 0 Å². The van der Waals surface area contributed by atoms with Gasteiger partial charge in [0.25, 0.3) is 0 Å². The van der Waals surface area contributed by atoms with Crippen molar-refractivity contribution in [1.82, 2.24) is 10.2 Å². The van der Waals surface area contributed by atoms with Crippen LogP contribution in [0, 0.1) is 23.7 Å². The van der Waals surface area contributed by atoms with Gasteiger partial charge < -0.3 is 16.0 Å². The lowest BCUT2D eigenvalue weighted by Crippen LogP contribution is -2.68. The topological polar surface area (TPSA) is 41.3 Å². The summed E-state index contributed by atoms with van der Waals surface area (Å²) in [5.74, 6) is 3.78. The van der Waals surface area contributed by atoms with Crippen LogP contribution in [-0.4, -0.2) is 43.2 Å². The lowest BCUT2D eigenvalue weighted by atomic mass is 9.48. The summed E-state index contributed by atoms with van der Waals surface area (Å²) < 4.78 is 0. The molecule has 0 aromatic heterocycles. The molecule has 4 saturated carbocycles. The molecule has 3 heteroatoms. The Morgan fingerprint density at radius 2 is 1.55 bits per heavy atom. The summed E-state index contributed by atoms with van der Waals surface area (Å²) in [6.45, 7) is 9.95. The first kappa shape index (κ1) is 14.8. The lowest BCUT2D eigenvalue weighted by molar-refractivity contribution is -0.0695. The van der Waals surface area contributed by atoms with Gasteiger partial charge in [-0.3, -0.25) is 0 Å². The fourth-order valence-corrected chi connectivity index (χ4v) is 5.71. The van der Waals surface area contributed by atoms with Gasteiger partial charge in [0.05, 0.1) is 0 Å². The van der Waals surface area contributed by atoms with Crippen molar-refractivity contribution in [2.24, 2.45) is 29.4 Å². The molecule has 0 atom stereocenters. The lowest BCUT2D eigenvalue weighted by Gasteiger charge is -2.61. The average molecular weight is 279 g/mol. The number of nitrogens with one attached hydrogen (secondary N) is 1. The van der Waals surface area contributed by atoms with Crippen LogP contribution in [0.15, 0.2) is 0 Å². The molecule has 3 nitrogen and oxygen atoms in total. The van der Waals surface area contributed by atoms with Crippen molar-refractivity contribution < 1.29 is 0 Å². The third kappa shape index (κ3) is 2.42. The minimum Gasteiger partial charge on any atom is -0.329 e. The van der Waals surface area contributed by atoms with Gasteiger partial charge in [0, 0.05) is 25.2 Å². The Balaban J connectivity index is 1.63. The van der Waals surface area contributed by atoms with Gasteiger partial charge in [-0.15, -0.1) is 0 Å². The molecule has 0 spiro atoms. The van der Waals surface area contributed by atoms with Crippen LogP contribution >= 0.6 is 0 Å². The average Bonchev–Trinajstić information content (AvgIpc) is 2.46. The summed E-state index contributed by atoms with van der Waals surface area (Å²) in [7, 11) is 0. The highest BCUT2D eigenvalue weighted by atomic mass is 15.1. The van der Waals surface area contributed by atoms with E-state index in [1.165, 1.54) is 38.6 Å². The molecule has 0 radical (unpaired) electrons. The Bertz CT molecular complexity index is 296. The normalized spacial score (nSPS) is 42.6. The van der Waals surface area contributed by atoms with Crippen LogP contribution in [-0.2, 0) is 0 Å². The minimum atomic E-state index is 0.278. The first-order chi connectivity index (χ1) is 9.71. The van der Waals surface area contributed by atoms with Gasteiger partial charge in [-0.05, 0) is 68.9 Å². The Labute approximate surface area is 124 Å². The molecule has 0 aromatic carbocycles. The molecule has 0 saturated heterocycles. The van der Waals surface area contributed by atoms with Gasteiger partial charge in [-0.2, -0.15) is 0 Å². The first-order valence-electron chi connectivity index (χ1n) is 8.89. The molecule has 0 aromatic rings. The minimum absolute atomic E-state index is 0.278. The standard InChI is InChI=1S/C17H33N3/c1-3-20(4-2)6-5-19-17(12-18)15-8-13-7-14(10-15)11-16(17)9-13/h13-16,19H,3-12,18H2,1-2H3. The van der Waals surface area contributed by atoms with E-state index in [-0.39, 0.29) is 5.54 Å². The van der Waals surface area contributed by atoms with Crippen molar-refractivity contribution in [2.45, 2.75) is 51.5 Å². The van der Waals surface area contributed by atoms with E-state index in [4.69, 9.17) is 5.73 Å². The van der Waals surface area contributed by atoms with Gasteiger partial charge in [-0.25, -0.2) is 0 Å². The number of nitrogens with zero attached hydrogens (tertiary/aromatic N) is 1.